The van der Waals surface area contributed by atoms with Crippen LogP contribution in [0, 0.1) is 0 Å². The molecule has 0 radical (unpaired) electrons. The molecule has 0 aliphatic rings. The molecule has 0 spiro atoms. The van der Waals surface area contributed by atoms with Gasteiger partial charge >= 0.3 is 0 Å². The molecule has 0 aliphatic heterocycles. The second-order valence-corrected chi connectivity index (χ2v) is 4.67. The predicted octanol–water partition coefficient (Wildman–Crippen LogP) is 0.824. The summed E-state index contributed by atoms with van der Waals surface area (Å²) in [7, 11) is 0. The molecule has 2 heterocycles. The molecule has 1 aromatic carbocycles. The van der Waals surface area contributed by atoms with Crippen LogP contribution in [0.2, 0.25) is 0 Å². The fourth-order valence-electron chi connectivity index (χ4n) is 2.19. The molecule has 2 N–H and O–H groups in total. The average Bonchev–Trinajstić information content (AvgIpc) is 2.95. The van der Waals surface area contributed by atoms with Crippen LogP contribution in [0.25, 0.3) is 10.9 Å². The molecule has 0 unspecified atom stereocenters. The molecule has 0 fully saturated rings. The van der Waals surface area contributed by atoms with Crippen molar-refractivity contribution in [1.29, 1.82) is 0 Å². The first-order valence-electron chi connectivity index (χ1n) is 6.83. The fourth-order valence-corrected chi connectivity index (χ4v) is 2.19. The minimum Gasteiger partial charge on any atom is -0.317 e. The Morgan fingerprint density at radius 3 is 3.00 bits per heavy atom. The summed E-state index contributed by atoms with van der Waals surface area (Å²) in [5.74, 6) is 1.47. The molecule has 0 amide bonds. The summed E-state index contributed by atoms with van der Waals surface area (Å²) in [5, 5.41) is 11.7. The van der Waals surface area contributed by atoms with Gasteiger partial charge in [-0.1, -0.05) is 12.1 Å². The maximum Gasteiger partial charge on any atom is 0.258 e. The van der Waals surface area contributed by atoms with Gasteiger partial charge in [-0.2, -0.15) is 0 Å². The van der Waals surface area contributed by atoms with Crippen molar-refractivity contribution < 1.29 is 0 Å². The highest BCUT2D eigenvalue weighted by Crippen LogP contribution is 2.05. The Morgan fingerprint density at radius 1 is 1.29 bits per heavy atom. The van der Waals surface area contributed by atoms with Crippen molar-refractivity contribution in [2.75, 3.05) is 0 Å². The zero-order valence-electron chi connectivity index (χ0n) is 11.7. The Bertz CT molecular complexity index is 806. The summed E-state index contributed by atoms with van der Waals surface area (Å²) < 4.78 is 1.96. The van der Waals surface area contributed by atoms with Gasteiger partial charge in [-0.3, -0.25) is 4.79 Å². The second kappa shape index (κ2) is 5.84. The van der Waals surface area contributed by atoms with Crippen LogP contribution in [0.5, 0.6) is 0 Å². The van der Waals surface area contributed by atoms with Crippen LogP contribution in [-0.2, 0) is 19.6 Å². The molecule has 0 aliphatic carbocycles. The van der Waals surface area contributed by atoms with Crippen LogP contribution in [-0.4, -0.2) is 24.7 Å². The molecule has 7 heteroatoms. The molecule has 0 saturated carbocycles. The van der Waals surface area contributed by atoms with Crippen molar-refractivity contribution in [2.45, 2.75) is 26.6 Å². The van der Waals surface area contributed by atoms with Crippen molar-refractivity contribution in [3.63, 3.8) is 0 Å². The van der Waals surface area contributed by atoms with Crippen LogP contribution >= 0.6 is 0 Å². The highest BCUT2D eigenvalue weighted by molar-refractivity contribution is 5.77. The highest BCUT2D eigenvalue weighted by atomic mass is 16.1. The molecule has 21 heavy (non-hydrogen) atoms. The topological polar surface area (TPSA) is 88.5 Å². The van der Waals surface area contributed by atoms with Gasteiger partial charge in [-0.25, -0.2) is 4.98 Å². The lowest BCUT2D eigenvalue weighted by Gasteiger charge is -2.06. The van der Waals surface area contributed by atoms with Crippen molar-refractivity contribution >= 4 is 10.9 Å². The Labute approximate surface area is 121 Å². The summed E-state index contributed by atoms with van der Waals surface area (Å²) in [6.45, 7) is 3.91. The second-order valence-electron chi connectivity index (χ2n) is 4.67. The number of hydrogen-bond acceptors (Lipinski definition) is 5. The van der Waals surface area contributed by atoms with E-state index in [-0.39, 0.29) is 5.56 Å². The van der Waals surface area contributed by atoms with Gasteiger partial charge < -0.3 is 14.9 Å². The number of aromatic amines is 1. The number of H-pyrrole nitrogens is 1. The molecule has 7 nitrogen and oxygen atoms in total. The van der Waals surface area contributed by atoms with E-state index in [1.165, 1.54) is 0 Å². The number of hydrogen-bond donors (Lipinski definition) is 2. The lowest BCUT2D eigenvalue weighted by atomic mass is 10.2. The van der Waals surface area contributed by atoms with Crippen LogP contribution in [0.1, 0.15) is 18.6 Å². The van der Waals surface area contributed by atoms with Crippen LogP contribution in [0.3, 0.4) is 0 Å². The van der Waals surface area contributed by atoms with Gasteiger partial charge in [0.05, 0.1) is 24.0 Å². The molecule has 108 valence electrons. The van der Waals surface area contributed by atoms with E-state index in [0.717, 1.165) is 12.4 Å². The maximum atomic E-state index is 11.9. The number of fused-ring (bicyclic) bond motifs is 1. The van der Waals surface area contributed by atoms with Crippen molar-refractivity contribution in [3.8, 4) is 0 Å². The zero-order valence-corrected chi connectivity index (χ0v) is 11.7. The summed E-state index contributed by atoms with van der Waals surface area (Å²) >= 11 is 0. The molecule has 3 aromatic rings. The van der Waals surface area contributed by atoms with Gasteiger partial charge in [-0.05, 0) is 19.1 Å². The molecular weight excluding hydrogens is 268 g/mol. The molecule has 0 atom stereocenters. The van der Waals surface area contributed by atoms with Gasteiger partial charge in [0, 0.05) is 6.54 Å². The van der Waals surface area contributed by atoms with E-state index >= 15 is 0 Å². The summed E-state index contributed by atoms with van der Waals surface area (Å²) in [6.07, 6.45) is 1.70. The minimum atomic E-state index is -0.117. The molecular formula is C14H16N6O. The van der Waals surface area contributed by atoms with E-state index in [9.17, 15) is 4.79 Å². The lowest BCUT2D eigenvalue weighted by molar-refractivity contribution is 0.599. The van der Waals surface area contributed by atoms with E-state index in [0.29, 0.717) is 29.8 Å². The quantitative estimate of drug-likeness (QED) is 0.724. The monoisotopic (exact) mass is 284 g/mol. The number of aromatic nitrogens is 5. The van der Waals surface area contributed by atoms with Gasteiger partial charge in [-0.15, -0.1) is 10.2 Å². The third kappa shape index (κ3) is 2.82. The first kappa shape index (κ1) is 13.4. The van der Waals surface area contributed by atoms with Crippen LogP contribution in [0.15, 0.2) is 35.4 Å². The highest BCUT2D eigenvalue weighted by Gasteiger charge is 2.05. The fraction of sp³-hybridized carbons (Fsp3) is 0.286. The lowest BCUT2D eigenvalue weighted by Crippen LogP contribution is -2.20. The van der Waals surface area contributed by atoms with Crippen molar-refractivity contribution in [3.05, 3.63) is 52.6 Å². The van der Waals surface area contributed by atoms with E-state index in [4.69, 9.17) is 0 Å². The predicted molar refractivity (Wildman–Crippen MR) is 78.6 cm³/mol. The molecule has 0 saturated heterocycles. The SMILES string of the molecule is CCn1cnnc1CNCc1nc2ccccc2c(=O)[nH]1. The van der Waals surface area contributed by atoms with Gasteiger partial charge in [0.25, 0.3) is 5.56 Å². The standard InChI is InChI=1S/C14H16N6O/c1-2-20-9-16-19-13(20)8-15-7-12-17-11-6-4-3-5-10(11)14(21)18-12/h3-6,9,15H,2,7-8H2,1H3,(H,17,18,21). The van der Waals surface area contributed by atoms with Crippen molar-refractivity contribution in [2.24, 2.45) is 0 Å². The van der Waals surface area contributed by atoms with Gasteiger partial charge in [0.1, 0.15) is 18.0 Å². The molecule has 3 rings (SSSR count). The molecule has 2 aromatic heterocycles. The third-order valence-electron chi connectivity index (χ3n) is 3.27. The number of nitrogens with zero attached hydrogens (tertiary/aromatic N) is 4. The number of nitrogens with one attached hydrogen (secondary N) is 2. The van der Waals surface area contributed by atoms with E-state index < -0.39 is 0 Å². The first-order valence-corrected chi connectivity index (χ1v) is 6.83. The zero-order chi connectivity index (χ0) is 14.7. The van der Waals surface area contributed by atoms with E-state index in [1.807, 2.05) is 29.7 Å². The number of rotatable bonds is 5. The summed E-state index contributed by atoms with van der Waals surface area (Å²) in [4.78, 5) is 19.2. The normalized spacial score (nSPS) is 11.1. The number of benzene rings is 1. The van der Waals surface area contributed by atoms with Crippen LogP contribution < -0.4 is 10.9 Å². The largest absolute Gasteiger partial charge is 0.317 e. The Hall–Kier alpha value is -2.54. The smallest absolute Gasteiger partial charge is 0.258 e. The number of aryl methyl sites for hydroxylation is 1. The third-order valence-corrected chi connectivity index (χ3v) is 3.27. The minimum absolute atomic E-state index is 0.117. The number of para-hydroxylation sites is 1. The first-order chi connectivity index (χ1) is 10.3. The van der Waals surface area contributed by atoms with Gasteiger partial charge in [0.15, 0.2) is 0 Å². The Balaban J connectivity index is 1.72. The summed E-state index contributed by atoms with van der Waals surface area (Å²) in [5.41, 5.74) is 0.587. The van der Waals surface area contributed by atoms with Crippen molar-refractivity contribution in [1.82, 2.24) is 30.0 Å². The van der Waals surface area contributed by atoms with E-state index in [2.05, 4.69) is 25.5 Å². The van der Waals surface area contributed by atoms with Crippen LogP contribution in [0.4, 0.5) is 0 Å². The Morgan fingerprint density at radius 2 is 2.14 bits per heavy atom. The summed E-state index contributed by atoms with van der Waals surface area (Å²) in [6, 6.07) is 7.30. The Kier molecular flexibility index (Phi) is 3.74. The van der Waals surface area contributed by atoms with E-state index in [1.54, 1.807) is 12.4 Å². The van der Waals surface area contributed by atoms with Gasteiger partial charge in [0.2, 0.25) is 0 Å². The maximum absolute atomic E-state index is 11.9. The molecule has 0 bridgehead atoms. The average molecular weight is 284 g/mol.